The highest BCUT2D eigenvalue weighted by Gasteiger charge is 2.23. The molecular weight excluding hydrogens is 312 g/mol. The van der Waals surface area contributed by atoms with Crippen molar-refractivity contribution in [3.8, 4) is 0 Å². The highest BCUT2D eigenvalue weighted by molar-refractivity contribution is 6.07. The summed E-state index contributed by atoms with van der Waals surface area (Å²) in [6.07, 6.45) is 21.8. The predicted molar refractivity (Wildman–Crippen MR) is 101 cm³/mol. The SMILES string of the molecule is CC/C=C\CCCC[C@H]1C/C=C2/C(=O)C=C[C@@H]2C/C=C\CCC(=O)O1. The lowest BCUT2D eigenvalue weighted by Crippen LogP contribution is -2.18. The minimum atomic E-state index is -0.132. The van der Waals surface area contributed by atoms with Crippen LogP contribution in [0.3, 0.4) is 0 Å². The van der Waals surface area contributed by atoms with Crippen molar-refractivity contribution in [1.82, 2.24) is 0 Å². The van der Waals surface area contributed by atoms with E-state index in [0.717, 1.165) is 44.1 Å². The average molecular weight is 342 g/mol. The summed E-state index contributed by atoms with van der Waals surface area (Å²) >= 11 is 0. The van der Waals surface area contributed by atoms with E-state index in [-0.39, 0.29) is 23.8 Å². The third kappa shape index (κ3) is 6.85. The van der Waals surface area contributed by atoms with Gasteiger partial charge in [0.25, 0.3) is 0 Å². The normalized spacial score (nSPS) is 28.0. The summed E-state index contributed by atoms with van der Waals surface area (Å²) in [5.74, 6) is 0.149. The topological polar surface area (TPSA) is 43.4 Å². The zero-order valence-corrected chi connectivity index (χ0v) is 15.3. The van der Waals surface area contributed by atoms with Crippen molar-refractivity contribution in [1.29, 1.82) is 0 Å². The first-order valence-corrected chi connectivity index (χ1v) is 9.62. The molecule has 0 aromatic rings. The molecule has 136 valence electrons. The van der Waals surface area contributed by atoms with Crippen molar-refractivity contribution in [3.63, 3.8) is 0 Å². The van der Waals surface area contributed by atoms with E-state index in [9.17, 15) is 9.59 Å². The molecule has 2 atom stereocenters. The number of ketones is 1. The summed E-state index contributed by atoms with van der Waals surface area (Å²) in [5, 5.41) is 0. The van der Waals surface area contributed by atoms with Gasteiger partial charge in [0.2, 0.25) is 0 Å². The van der Waals surface area contributed by atoms with E-state index in [4.69, 9.17) is 4.74 Å². The van der Waals surface area contributed by atoms with Gasteiger partial charge in [0, 0.05) is 24.3 Å². The van der Waals surface area contributed by atoms with Crippen LogP contribution in [0, 0.1) is 5.92 Å². The molecule has 1 heterocycles. The number of ether oxygens (including phenoxy) is 1. The Morgan fingerprint density at radius 1 is 1.16 bits per heavy atom. The number of fused-ring (bicyclic) bond motifs is 1. The summed E-state index contributed by atoms with van der Waals surface area (Å²) in [6, 6.07) is 0. The van der Waals surface area contributed by atoms with Crippen LogP contribution in [0.4, 0.5) is 0 Å². The Kier molecular flexibility index (Phi) is 8.44. The molecule has 0 N–H and O–H groups in total. The fourth-order valence-electron chi connectivity index (χ4n) is 3.25. The van der Waals surface area contributed by atoms with Crippen LogP contribution in [0.2, 0.25) is 0 Å². The first-order chi connectivity index (χ1) is 12.2. The monoisotopic (exact) mass is 342 g/mol. The van der Waals surface area contributed by atoms with Crippen LogP contribution in [0.5, 0.6) is 0 Å². The van der Waals surface area contributed by atoms with Crippen molar-refractivity contribution in [2.24, 2.45) is 5.92 Å². The van der Waals surface area contributed by atoms with Crippen LogP contribution in [-0.4, -0.2) is 17.9 Å². The van der Waals surface area contributed by atoms with Gasteiger partial charge in [-0.15, -0.1) is 0 Å². The van der Waals surface area contributed by atoms with Crippen molar-refractivity contribution >= 4 is 11.8 Å². The Labute approximate surface area is 151 Å². The number of allylic oxidation sites excluding steroid dienone is 7. The van der Waals surface area contributed by atoms with Crippen LogP contribution in [0.15, 0.2) is 48.1 Å². The molecule has 2 rings (SSSR count). The van der Waals surface area contributed by atoms with Crippen molar-refractivity contribution in [2.45, 2.75) is 70.8 Å². The molecule has 0 amide bonds. The van der Waals surface area contributed by atoms with Gasteiger partial charge in [-0.2, -0.15) is 0 Å². The highest BCUT2D eigenvalue weighted by atomic mass is 16.5. The molecule has 0 bridgehead atoms. The lowest BCUT2D eigenvalue weighted by molar-refractivity contribution is -0.149. The number of hydrogen-bond acceptors (Lipinski definition) is 3. The summed E-state index contributed by atoms with van der Waals surface area (Å²) < 4.78 is 5.67. The molecule has 1 aliphatic heterocycles. The molecule has 0 unspecified atom stereocenters. The molecule has 0 aromatic carbocycles. The largest absolute Gasteiger partial charge is 0.462 e. The maximum absolute atomic E-state index is 12.1. The minimum absolute atomic E-state index is 0.102. The number of hydrogen-bond donors (Lipinski definition) is 0. The summed E-state index contributed by atoms with van der Waals surface area (Å²) in [5.41, 5.74) is 0.858. The molecular formula is C22H30O3. The first kappa shape index (κ1) is 19.4. The standard InChI is InChI=1S/C22H30O3/c1-2-3-4-5-6-9-12-19-15-16-20-18(14-17-21(20)23)11-8-7-10-13-22(24)25-19/h3-4,7-8,14,16-19H,2,5-6,9-13,15H2,1H3/b4-3-,8-7-,20-16+/t18-,19-/m0/s1. The maximum Gasteiger partial charge on any atom is 0.306 e. The van der Waals surface area contributed by atoms with Crippen molar-refractivity contribution in [2.75, 3.05) is 0 Å². The van der Waals surface area contributed by atoms with E-state index < -0.39 is 0 Å². The quantitative estimate of drug-likeness (QED) is 0.377. The van der Waals surface area contributed by atoms with Crippen LogP contribution in [0.1, 0.15) is 64.7 Å². The van der Waals surface area contributed by atoms with Gasteiger partial charge in [-0.05, 0) is 51.0 Å². The Bertz CT molecular complexity index is 566. The highest BCUT2D eigenvalue weighted by Crippen LogP contribution is 2.27. The van der Waals surface area contributed by atoms with Gasteiger partial charge < -0.3 is 4.74 Å². The van der Waals surface area contributed by atoms with Gasteiger partial charge >= 0.3 is 5.97 Å². The average Bonchev–Trinajstić information content (AvgIpc) is 2.94. The molecule has 0 aromatic heterocycles. The molecule has 0 fully saturated rings. The van der Waals surface area contributed by atoms with Gasteiger partial charge in [0.1, 0.15) is 6.10 Å². The van der Waals surface area contributed by atoms with E-state index in [1.54, 1.807) is 6.08 Å². The Morgan fingerprint density at radius 3 is 2.88 bits per heavy atom. The van der Waals surface area contributed by atoms with Gasteiger partial charge in [0.15, 0.2) is 5.78 Å². The number of carbonyl (C=O) groups is 2. The minimum Gasteiger partial charge on any atom is -0.462 e. The number of esters is 1. The lowest BCUT2D eigenvalue weighted by atomic mass is 9.95. The van der Waals surface area contributed by atoms with Crippen LogP contribution in [-0.2, 0) is 14.3 Å². The van der Waals surface area contributed by atoms with Gasteiger partial charge in [0.05, 0.1) is 0 Å². The first-order valence-electron chi connectivity index (χ1n) is 9.62. The van der Waals surface area contributed by atoms with Crippen LogP contribution >= 0.6 is 0 Å². The second kappa shape index (κ2) is 10.9. The predicted octanol–water partition coefficient (Wildman–Crippen LogP) is 5.24. The number of unbranched alkanes of at least 4 members (excludes halogenated alkanes) is 2. The van der Waals surface area contributed by atoms with E-state index in [2.05, 4.69) is 25.2 Å². The molecule has 0 radical (unpaired) electrons. The number of cyclic esters (lactones) is 1. The van der Waals surface area contributed by atoms with Gasteiger partial charge in [-0.25, -0.2) is 0 Å². The van der Waals surface area contributed by atoms with E-state index >= 15 is 0 Å². The van der Waals surface area contributed by atoms with E-state index in [1.807, 2.05) is 18.2 Å². The van der Waals surface area contributed by atoms with Crippen LogP contribution < -0.4 is 0 Å². The second-order valence-corrected chi connectivity index (χ2v) is 6.75. The van der Waals surface area contributed by atoms with Crippen molar-refractivity contribution < 1.29 is 14.3 Å². The molecule has 0 spiro atoms. The van der Waals surface area contributed by atoms with E-state index in [0.29, 0.717) is 19.3 Å². The summed E-state index contributed by atoms with van der Waals surface area (Å²) in [7, 11) is 0. The zero-order chi connectivity index (χ0) is 17.9. The lowest BCUT2D eigenvalue weighted by Gasteiger charge is -2.18. The molecule has 3 heteroatoms. The molecule has 2 aliphatic rings. The van der Waals surface area contributed by atoms with Crippen LogP contribution in [0.25, 0.3) is 0 Å². The third-order valence-corrected chi connectivity index (χ3v) is 4.68. The molecule has 0 saturated heterocycles. The zero-order valence-electron chi connectivity index (χ0n) is 15.3. The Morgan fingerprint density at radius 2 is 2.04 bits per heavy atom. The van der Waals surface area contributed by atoms with E-state index in [1.165, 1.54) is 0 Å². The Hall–Kier alpha value is -1.90. The van der Waals surface area contributed by atoms with Gasteiger partial charge in [-0.3, -0.25) is 9.59 Å². The third-order valence-electron chi connectivity index (χ3n) is 4.68. The second-order valence-electron chi connectivity index (χ2n) is 6.75. The number of carbonyl (C=O) groups excluding carboxylic acids is 2. The number of rotatable bonds is 6. The smallest absolute Gasteiger partial charge is 0.306 e. The molecule has 0 saturated carbocycles. The maximum atomic E-state index is 12.1. The fourth-order valence-corrected chi connectivity index (χ4v) is 3.25. The Balaban J connectivity index is 1.95. The molecule has 3 nitrogen and oxygen atoms in total. The fraction of sp³-hybridized carbons (Fsp3) is 0.545. The summed E-state index contributed by atoms with van der Waals surface area (Å²) in [6.45, 7) is 2.13. The summed E-state index contributed by atoms with van der Waals surface area (Å²) in [4.78, 5) is 24.1. The van der Waals surface area contributed by atoms with Crippen molar-refractivity contribution in [3.05, 3.63) is 48.1 Å². The molecule has 25 heavy (non-hydrogen) atoms. The van der Waals surface area contributed by atoms with Gasteiger partial charge in [-0.1, -0.05) is 43.4 Å². The molecule has 1 aliphatic carbocycles.